The van der Waals surface area contributed by atoms with Crippen molar-refractivity contribution in [3.05, 3.63) is 62.3 Å². The Morgan fingerprint density at radius 1 is 1.12 bits per heavy atom. The molecule has 8 nitrogen and oxygen atoms in total. The van der Waals surface area contributed by atoms with E-state index in [1.54, 1.807) is 24.3 Å². The van der Waals surface area contributed by atoms with E-state index in [4.69, 9.17) is 16.3 Å². The molecule has 0 atom stereocenters. The SMILES string of the molecule is Cn1c(NC(=O)OCc2ccccc2)c(C(=O)CCl)c(=O)n(C)c1=O. The highest BCUT2D eigenvalue weighted by Crippen LogP contribution is 2.11. The second kappa shape index (κ2) is 7.80. The maximum Gasteiger partial charge on any atom is 0.413 e. The molecule has 9 heteroatoms. The van der Waals surface area contributed by atoms with Crippen molar-refractivity contribution in [2.45, 2.75) is 6.61 Å². The summed E-state index contributed by atoms with van der Waals surface area (Å²) in [6.07, 6.45) is -0.907. The maximum absolute atomic E-state index is 12.2. The molecule has 1 amide bonds. The molecule has 0 saturated heterocycles. The van der Waals surface area contributed by atoms with Crippen LogP contribution in [-0.2, 0) is 25.4 Å². The van der Waals surface area contributed by atoms with Crippen LogP contribution in [0, 0.1) is 0 Å². The van der Waals surface area contributed by atoms with Gasteiger partial charge in [0.05, 0.1) is 5.88 Å². The number of alkyl halides is 1. The Morgan fingerprint density at radius 2 is 1.76 bits per heavy atom. The van der Waals surface area contributed by atoms with Gasteiger partial charge in [-0.2, -0.15) is 0 Å². The number of hydrogen-bond donors (Lipinski definition) is 1. The van der Waals surface area contributed by atoms with E-state index in [9.17, 15) is 19.2 Å². The lowest BCUT2D eigenvalue weighted by Gasteiger charge is -2.15. The fraction of sp³-hybridized carbons (Fsp3) is 0.250. The van der Waals surface area contributed by atoms with Crippen LogP contribution in [0.1, 0.15) is 15.9 Å². The summed E-state index contributed by atoms with van der Waals surface area (Å²) in [6, 6.07) is 8.94. The fourth-order valence-electron chi connectivity index (χ4n) is 2.16. The van der Waals surface area contributed by atoms with Crippen LogP contribution < -0.4 is 16.6 Å². The van der Waals surface area contributed by atoms with E-state index in [1.807, 2.05) is 6.07 Å². The lowest BCUT2D eigenvalue weighted by Crippen LogP contribution is -2.42. The van der Waals surface area contributed by atoms with E-state index < -0.39 is 29.0 Å². The van der Waals surface area contributed by atoms with Gasteiger partial charge in [0.2, 0.25) is 0 Å². The minimum Gasteiger partial charge on any atom is -0.444 e. The largest absolute Gasteiger partial charge is 0.444 e. The van der Waals surface area contributed by atoms with Crippen LogP contribution >= 0.6 is 11.6 Å². The number of nitrogens with one attached hydrogen (secondary N) is 1. The molecular weight excluding hydrogens is 350 g/mol. The van der Waals surface area contributed by atoms with Crippen LogP contribution in [0.15, 0.2) is 39.9 Å². The van der Waals surface area contributed by atoms with Crippen LogP contribution in [0.3, 0.4) is 0 Å². The van der Waals surface area contributed by atoms with Crippen molar-refractivity contribution in [3.8, 4) is 0 Å². The topological polar surface area (TPSA) is 99.4 Å². The van der Waals surface area contributed by atoms with Gasteiger partial charge in [-0.05, 0) is 5.56 Å². The molecule has 0 spiro atoms. The number of aromatic nitrogens is 2. The molecule has 2 aromatic rings. The molecule has 0 bridgehead atoms. The average Bonchev–Trinajstić information content (AvgIpc) is 2.63. The molecule has 1 aromatic carbocycles. The van der Waals surface area contributed by atoms with Crippen molar-refractivity contribution in [2.75, 3.05) is 11.2 Å². The summed E-state index contributed by atoms with van der Waals surface area (Å²) in [7, 11) is 2.55. The molecule has 25 heavy (non-hydrogen) atoms. The number of amides is 1. The van der Waals surface area contributed by atoms with Gasteiger partial charge in [0.15, 0.2) is 5.78 Å². The van der Waals surface area contributed by atoms with Crippen LogP contribution in [0.4, 0.5) is 10.6 Å². The normalized spacial score (nSPS) is 10.4. The first kappa shape index (κ1) is 18.5. The Morgan fingerprint density at radius 3 is 2.36 bits per heavy atom. The summed E-state index contributed by atoms with van der Waals surface area (Å²) < 4.78 is 6.79. The molecule has 2 rings (SSSR count). The van der Waals surface area contributed by atoms with Crippen molar-refractivity contribution in [1.29, 1.82) is 0 Å². The number of ether oxygens (including phenoxy) is 1. The van der Waals surface area contributed by atoms with Gasteiger partial charge in [-0.1, -0.05) is 30.3 Å². The average molecular weight is 366 g/mol. The van der Waals surface area contributed by atoms with Crippen molar-refractivity contribution in [1.82, 2.24) is 9.13 Å². The molecule has 0 aliphatic rings. The number of carbonyl (C=O) groups excluding carboxylic acids is 2. The molecule has 0 aliphatic carbocycles. The summed E-state index contributed by atoms with van der Waals surface area (Å²) in [4.78, 5) is 48.2. The van der Waals surface area contributed by atoms with Gasteiger partial charge in [0, 0.05) is 14.1 Å². The molecule has 0 unspecified atom stereocenters. The quantitative estimate of drug-likeness (QED) is 0.635. The number of rotatable bonds is 5. The third-order valence-corrected chi connectivity index (χ3v) is 3.74. The van der Waals surface area contributed by atoms with Crippen molar-refractivity contribution in [2.24, 2.45) is 14.1 Å². The number of hydrogen-bond acceptors (Lipinski definition) is 5. The Kier molecular flexibility index (Phi) is 5.76. The van der Waals surface area contributed by atoms with E-state index in [1.165, 1.54) is 14.1 Å². The van der Waals surface area contributed by atoms with Gasteiger partial charge in [-0.25, -0.2) is 9.59 Å². The summed E-state index contributed by atoms with van der Waals surface area (Å²) in [5.74, 6) is -1.44. The number of ketones is 1. The summed E-state index contributed by atoms with van der Waals surface area (Å²) >= 11 is 5.52. The molecule has 0 saturated carbocycles. The van der Waals surface area contributed by atoms with Crippen molar-refractivity contribution in [3.63, 3.8) is 0 Å². The minimum absolute atomic E-state index is 0.00967. The fourth-order valence-corrected chi connectivity index (χ4v) is 2.30. The van der Waals surface area contributed by atoms with E-state index in [-0.39, 0.29) is 18.0 Å². The van der Waals surface area contributed by atoms with Crippen LogP contribution in [-0.4, -0.2) is 26.9 Å². The highest BCUT2D eigenvalue weighted by atomic mass is 35.5. The summed E-state index contributed by atoms with van der Waals surface area (Å²) in [5, 5.41) is 2.28. The van der Waals surface area contributed by atoms with Gasteiger partial charge in [0.1, 0.15) is 18.0 Å². The zero-order valence-electron chi connectivity index (χ0n) is 13.6. The Bertz CT molecular complexity index is 918. The molecule has 0 aliphatic heterocycles. The Balaban J connectivity index is 2.32. The number of carbonyl (C=O) groups is 2. The van der Waals surface area contributed by atoms with Crippen LogP contribution in [0.25, 0.3) is 0 Å². The monoisotopic (exact) mass is 365 g/mol. The van der Waals surface area contributed by atoms with Crippen LogP contribution in [0.2, 0.25) is 0 Å². The van der Waals surface area contributed by atoms with Gasteiger partial charge in [-0.15, -0.1) is 11.6 Å². The molecule has 1 N–H and O–H groups in total. The highest BCUT2D eigenvalue weighted by molar-refractivity contribution is 6.31. The summed E-state index contributed by atoms with van der Waals surface area (Å²) in [5.41, 5.74) is -1.16. The first-order valence-corrected chi connectivity index (χ1v) is 7.77. The molecule has 1 aromatic heterocycles. The first-order chi connectivity index (χ1) is 11.9. The number of benzene rings is 1. The predicted octanol–water partition coefficient (Wildman–Crippen LogP) is 1.25. The van der Waals surface area contributed by atoms with E-state index in [0.29, 0.717) is 0 Å². The smallest absolute Gasteiger partial charge is 0.413 e. The minimum atomic E-state index is -0.907. The second-order valence-electron chi connectivity index (χ2n) is 5.17. The van der Waals surface area contributed by atoms with Crippen LogP contribution in [0.5, 0.6) is 0 Å². The standard InChI is InChI=1S/C16H16ClN3O5/c1-19-13(12(11(21)8-17)14(22)20(2)16(19)24)18-15(23)25-9-10-6-4-3-5-7-10/h3-7H,8-9H2,1-2H3,(H,18,23). The first-order valence-electron chi connectivity index (χ1n) is 7.23. The lowest BCUT2D eigenvalue weighted by atomic mass is 10.2. The molecule has 0 fully saturated rings. The van der Waals surface area contributed by atoms with E-state index in [2.05, 4.69) is 5.32 Å². The molecule has 132 valence electrons. The van der Waals surface area contributed by atoms with E-state index in [0.717, 1.165) is 14.7 Å². The highest BCUT2D eigenvalue weighted by Gasteiger charge is 2.23. The van der Waals surface area contributed by atoms with Crippen molar-refractivity contribution < 1.29 is 14.3 Å². The third-order valence-electron chi connectivity index (χ3n) is 3.50. The molecule has 1 heterocycles. The number of nitrogens with zero attached hydrogens (tertiary/aromatic N) is 2. The molecule has 0 radical (unpaired) electrons. The van der Waals surface area contributed by atoms with Gasteiger partial charge < -0.3 is 4.74 Å². The third kappa shape index (κ3) is 3.97. The number of anilines is 1. The maximum atomic E-state index is 12.2. The second-order valence-corrected chi connectivity index (χ2v) is 5.44. The predicted molar refractivity (Wildman–Crippen MR) is 92.2 cm³/mol. The number of Topliss-reactive ketones (excluding diaryl/α,β-unsaturated/α-hetero) is 1. The van der Waals surface area contributed by atoms with Gasteiger partial charge in [-0.3, -0.25) is 24.0 Å². The Labute approximate surface area is 147 Å². The lowest BCUT2D eigenvalue weighted by molar-refractivity contribution is 0.101. The zero-order chi connectivity index (χ0) is 18.6. The zero-order valence-corrected chi connectivity index (χ0v) is 14.4. The number of halogens is 1. The van der Waals surface area contributed by atoms with Gasteiger partial charge in [0.25, 0.3) is 5.56 Å². The summed E-state index contributed by atoms with van der Waals surface area (Å²) in [6.45, 7) is -0.00967. The molecular formula is C16H16ClN3O5. The Hall–Kier alpha value is -2.87. The van der Waals surface area contributed by atoms with Crippen molar-refractivity contribution >= 4 is 29.3 Å². The van der Waals surface area contributed by atoms with E-state index >= 15 is 0 Å². The van der Waals surface area contributed by atoms with Gasteiger partial charge >= 0.3 is 11.8 Å².